The lowest BCUT2D eigenvalue weighted by Gasteiger charge is -1.95. The molecule has 1 aromatic carbocycles. The molecule has 0 amide bonds. The Balaban J connectivity index is 0.000000364. The van der Waals surface area contributed by atoms with E-state index in [0.717, 1.165) is 0 Å². The van der Waals surface area contributed by atoms with Crippen molar-refractivity contribution in [2.75, 3.05) is 0 Å². The molecule has 0 saturated carbocycles. The first-order chi connectivity index (χ1) is 6.45. The summed E-state index contributed by atoms with van der Waals surface area (Å²) in [6.07, 6.45) is 0. The Morgan fingerprint density at radius 2 is 1.57 bits per heavy atom. The molecule has 14 heavy (non-hydrogen) atoms. The van der Waals surface area contributed by atoms with Crippen molar-refractivity contribution in [2.24, 2.45) is 0 Å². The molecule has 6 nitrogen and oxygen atoms in total. The second-order valence-electron chi connectivity index (χ2n) is 2.17. The number of carbonyl (C=O) groups is 1. The Morgan fingerprint density at radius 3 is 1.86 bits per heavy atom. The molecule has 0 aliphatic heterocycles. The highest BCUT2D eigenvalue weighted by atomic mass is 16.5. The van der Waals surface area contributed by atoms with E-state index in [9.17, 15) is 4.79 Å². The van der Waals surface area contributed by atoms with Gasteiger partial charge in [0, 0.05) is 0 Å². The minimum atomic E-state index is -2.17. The first-order valence-corrected chi connectivity index (χ1v) is 3.50. The van der Waals surface area contributed by atoms with Crippen molar-refractivity contribution in [1.82, 2.24) is 0 Å². The van der Waals surface area contributed by atoms with Crippen molar-refractivity contribution in [3.05, 3.63) is 29.8 Å². The van der Waals surface area contributed by atoms with Gasteiger partial charge in [-0.1, -0.05) is 12.1 Å². The van der Waals surface area contributed by atoms with E-state index in [0.29, 0.717) is 0 Å². The molecule has 0 heterocycles. The number of phenols is 1. The summed E-state index contributed by atoms with van der Waals surface area (Å²) in [6, 6.07) is 5.81. The molecule has 7 heteroatoms. The molecular formula is C7H9BO6. The van der Waals surface area contributed by atoms with Gasteiger partial charge in [0.15, 0.2) is 0 Å². The highest BCUT2D eigenvalue weighted by Crippen LogP contribution is 2.14. The number of hydrogen-bond acceptors (Lipinski definition) is 5. The summed E-state index contributed by atoms with van der Waals surface area (Å²) in [7, 11) is -2.17. The van der Waals surface area contributed by atoms with Crippen LogP contribution in [0.15, 0.2) is 24.3 Å². The predicted octanol–water partition coefficient (Wildman–Crippen LogP) is -0.961. The van der Waals surface area contributed by atoms with Crippen LogP contribution in [0.1, 0.15) is 10.4 Å². The number of rotatable bonds is 1. The maximum atomic E-state index is 10.3. The number of carboxylic acids is 1. The van der Waals surface area contributed by atoms with Crippen LogP contribution in [0.3, 0.4) is 0 Å². The van der Waals surface area contributed by atoms with Gasteiger partial charge < -0.3 is 25.3 Å². The quantitative estimate of drug-likeness (QED) is 0.372. The topological polar surface area (TPSA) is 118 Å². The van der Waals surface area contributed by atoms with E-state index in [-0.39, 0.29) is 11.3 Å². The molecule has 0 aliphatic rings. The first kappa shape index (κ1) is 12.4. The van der Waals surface area contributed by atoms with E-state index < -0.39 is 13.3 Å². The summed E-state index contributed by atoms with van der Waals surface area (Å²) in [4.78, 5) is 10.3. The Morgan fingerprint density at radius 1 is 1.14 bits per heavy atom. The fourth-order valence-electron chi connectivity index (χ4n) is 0.654. The molecule has 0 spiro atoms. The zero-order valence-corrected chi connectivity index (χ0v) is 7.03. The van der Waals surface area contributed by atoms with Gasteiger partial charge in [-0.2, -0.15) is 0 Å². The van der Waals surface area contributed by atoms with Crippen LogP contribution in [0.4, 0.5) is 0 Å². The summed E-state index contributed by atoms with van der Waals surface area (Å²) in [5, 5.41) is 38.8. The molecule has 0 aromatic heterocycles. The zero-order valence-electron chi connectivity index (χ0n) is 7.03. The molecule has 76 valence electrons. The third-order valence-corrected chi connectivity index (χ3v) is 1.13. The normalized spacial score (nSPS) is 8.50. The minimum absolute atomic E-state index is 0.0671. The van der Waals surface area contributed by atoms with E-state index in [1.165, 1.54) is 12.1 Å². The predicted molar refractivity (Wildman–Crippen MR) is 47.5 cm³/mol. The molecule has 5 N–H and O–H groups in total. The molecule has 0 fully saturated rings. The van der Waals surface area contributed by atoms with Gasteiger partial charge in [0.1, 0.15) is 11.3 Å². The Hall–Kier alpha value is -1.57. The molecular weight excluding hydrogens is 191 g/mol. The minimum Gasteiger partial charge on any atom is -0.507 e. The van der Waals surface area contributed by atoms with Crippen molar-refractivity contribution in [3.8, 4) is 5.75 Å². The fraction of sp³-hybridized carbons (Fsp3) is 0. The van der Waals surface area contributed by atoms with E-state index in [4.69, 9.17) is 25.3 Å². The van der Waals surface area contributed by atoms with Crippen molar-refractivity contribution in [2.45, 2.75) is 0 Å². The maximum absolute atomic E-state index is 10.3. The SMILES string of the molecule is O=C(O)c1ccccc1O.OB(O)O. The Kier molecular flexibility index (Phi) is 5.31. The third kappa shape index (κ3) is 5.15. The van der Waals surface area contributed by atoms with Crippen molar-refractivity contribution in [1.29, 1.82) is 0 Å². The van der Waals surface area contributed by atoms with Gasteiger partial charge >= 0.3 is 13.3 Å². The lowest BCUT2D eigenvalue weighted by Crippen LogP contribution is -2.07. The van der Waals surface area contributed by atoms with Crippen LogP contribution in [-0.4, -0.2) is 38.6 Å². The van der Waals surface area contributed by atoms with Crippen LogP contribution in [0, 0.1) is 0 Å². The van der Waals surface area contributed by atoms with Crippen LogP contribution >= 0.6 is 0 Å². The Bertz CT molecular complexity index is 297. The number of benzene rings is 1. The van der Waals surface area contributed by atoms with Crippen molar-refractivity contribution >= 4 is 13.3 Å². The third-order valence-electron chi connectivity index (χ3n) is 1.13. The average molecular weight is 200 g/mol. The molecule has 0 radical (unpaired) electrons. The number of para-hydroxylation sites is 1. The number of carboxylic acid groups (broad SMARTS) is 1. The van der Waals surface area contributed by atoms with Crippen LogP contribution in [0.25, 0.3) is 0 Å². The highest BCUT2D eigenvalue weighted by molar-refractivity contribution is 6.30. The number of hydrogen-bond donors (Lipinski definition) is 5. The van der Waals surface area contributed by atoms with Crippen LogP contribution in [0.2, 0.25) is 0 Å². The van der Waals surface area contributed by atoms with Crippen LogP contribution < -0.4 is 0 Å². The number of aromatic carboxylic acids is 1. The van der Waals surface area contributed by atoms with Crippen molar-refractivity contribution < 1.29 is 30.1 Å². The van der Waals surface area contributed by atoms with Gasteiger partial charge in [0.05, 0.1) is 0 Å². The molecule has 0 bridgehead atoms. The molecule has 1 aromatic rings. The lowest BCUT2D eigenvalue weighted by molar-refractivity contribution is 0.0693. The van der Waals surface area contributed by atoms with E-state index in [2.05, 4.69) is 0 Å². The second kappa shape index (κ2) is 5.98. The lowest BCUT2D eigenvalue weighted by atomic mass is 10.2. The summed E-state index contributed by atoms with van der Waals surface area (Å²) in [6.45, 7) is 0. The standard InChI is InChI=1S/C7H6O3.BH3O3/c8-6-4-2-1-3-5(6)7(9)10;2-1(3)4/h1-4,8H,(H,9,10);2-4H. The maximum Gasteiger partial charge on any atom is 0.631 e. The Labute approximate surface area is 79.9 Å². The van der Waals surface area contributed by atoms with Crippen LogP contribution in [-0.2, 0) is 0 Å². The summed E-state index contributed by atoms with van der Waals surface area (Å²) >= 11 is 0. The molecule has 0 unspecified atom stereocenters. The van der Waals surface area contributed by atoms with Gasteiger partial charge in [-0.15, -0.1) is 0 Å². The summed E-state index contributed by atoms with van der Waals surface area (Å²) < 4.78 is 0. The smallest absolute Gasteiger partial charge is 0.507 e. The molecule has 0 aliphatic carbocycles. The highest BCUT2D eigenvalue weighted by Gasteiger charge is 2.05. The molecule has 0 saturated heterocycles. The van der Waals surface area contributed by atoms with Gasteiger partial charge in [0.25, 0.3) is 0 Å². The second-order valence-corrected chi connectivity index (χ2v) is 2.17. The van der Waals surface area contributed by atoms with Crippen molar-refractivity contribution in [3.63, 3.8) is 0 Å². The van der Waals surface area contributed by atoms with Gasteiger partial charge in [-0.3, -0.25) is 0 Å². The fourth-order valence-corrected chi connectivity index (χ4v) is 0.654. The average Bonchev–Trinajstić information content (AvgIpc) is 2.03. The largest absolute Gasteiger partial charge is 0.631 e. The van der Waals surface area contributed by atoms with Gasteiger partial charge in [-0.05, 0) is 12.1 Å². The monoisotopic (exact) mass is 200 g/mol. The summed E-state index contributed by atoms with van der Waals surface area (Å²) in [5.41, 5.74) is -0.0671. The number of aromatic hydroxyl groups is 1. The zero-order chi connectivity index (χ0) is 11.1. The first-order valence-electron chi connectivity index (χ1n) is 3.50. The van der Waals surface area contributed by atoms with E-state index in [1.807, 2.05) is 0 Å². The van der Waals surface area contributed by atoms with E-state index in [1.54, 1.807) is 12.1 Å². The summed E-state index contributed by atoms with van der Waals surface area (Å²) in [5.74, 6) is -1.31. The van der Waals surface area contributed by atoms with E-state index >= 15 is 0 Å². The van der Waals surface area contributed by atoms with Crippen LogP contribution in [0.5, 0.6) is 5.75 Å². The van der Waals surface area contributed by atoms with Gasteiger partial charge in [-0.25, -0.2) is 4.79 Å². The van der Waals surface area contributed by atoms with Gasteiger partial charge in [0.2, 0.25) is 0 Å². The molecule has 1 rings (SSSR count). The molecule has 0 atom stereocenters.